The van der Waals surface area contributed by atoms with Crippen molar-refractivity contribution in [3.8, 4) is 0 Å². The minimum absolute atomic E-state index is 0.349. The molecule has 98 valence electrons. The number of nitrogen functional groups attached to an aromatic ring is 1. The number of hydrogen-bond donors (Lipinski definition) is 1. The molecule has 3 nitrogen and oxygen atoms in total. The van der Waals surface area contributed by atoms with Gasteiger partial charge in [-0.3, -0.25) is 0 Å². The highest BCUT2D eigenvalue weighted by atomic mass is 35.5. The first-order valence-electron chi connectivity index (χ1n) is 6.06. The Morgan fingerprint density at radius 2 is 1.61 bits per heavy atom. The van der Waals surface area contributed by atoms with Gasteiger partial charge in [-0.25, -0.2) is 0 Å². The molecule has 0 amide bonds. The van der Waals surface area contributed by atoms with Gasteiger partial charge in [0.05, 0.1) is 21.9 Å². The van der Waals surface area contributed by atoms with E-state index in [1.54, 1.807) is 6.07 Å². The maximum absolute atomic E-state index is 6.17. The van der Waals surface area contributed by atoms with Crippen LogP contribution in [-0.4, -0.2) is 18.3 Å². The molecule has 1 saturated heterocycles. The van der Waals surface area contributed by atoms with Crippen molar-refractivity contribution in [3.63, 3.8) is 0 Å². The SMILES string of the molecule is Cc1c(B2OC(C)(C)C(C)(C)O2)ccc(N)c1Cl. The Hall–Kier alpha value is -0.705. The smallest absolute Gasteiger partial charge is 0.399 e. The van der Waals surface area contributed by atoms with Crippen LogP contribution in [-0.2, 0) is 9.31 Å². The second kappa shape index (κ2) is 4.15. The first kappa shape index (κ1) is 13.7. The Morgan fingerprint density at radius 3 is 2.11 bits per heavy atom. The van der Waals surface area contributed by atoms with Crippen molar-refractivity contribution in [3.05, 3.63) is 22.7 Å². The average molecular weight is 268 g/mol. The predicted molar refractivity (Wildman–Crippen MR) is 76.3 cm³/mol. The van der Waals surface area contributed by atoms with Gasteiger partial charge in [0, 0.05) is 0 Å². The second-order valence-corrected chi connectivity index (χ2v) is 6.15. The maximum Gasteiger partial charge on any atom is 0.495 e. The molecule has 1 aliphatic heterocycles. The molecule has 1 heterocycles. The molecule has 2 rings (SSSR count). The topological polar surface area (TPSA) is 44.5 Å². The van der Waals surface area contributed by atoms with Crippen molar-refractivity contribution < 1.29 is 9.31 Å². The van der Waals surface area contributed by atoms with E-state index in [0.717, 1.165) is 11.0 Å². The monoisotopic (exact) mass is 267 g/mol. The van der Waals surface area contributed by atoms with Gasteiger partial charge in [0.15, 0.2) is 0 Å². The summed E-state index contributed by atoms with van der Waals surface area (Å²) in [4.78, 5) is 0. The summed E-state index contributed by atoms with van der Waals surface area (Å²) in [5.41, 5.74) is 7.51. The molecule has 5 heteroatoms. The van der Waals surface area contributed by atoms with Gasteiger partial charge in [0.25, 0.3) is 0 Å². The average Bonchev–Trinajstić information content (AvgIpc) is 2.45. The zero-order valence-corrected chi connectivity index (χ0v) is 12.3. The van der Waals surface area contributed by atoms with Gasteiger partial charge in [-0.1, -0.05) is 17.7 Å². The molecule has 0 unspecified atom stereocenters. The van der Waals surface area contributed by atoms with Gasteiger partial charge >= 0.3 is 7.12 Å². The van der Waals surface area contributed by atoms with Gasteiger partial charge < -0.3 is 15.0 Å². The van der Waals surface area contributed by atoms with Crippen molar-refractivity contribution in [2.75, 3.05) is 5.73 Å². The van der Waals surface area contributed by atoms with E-state index < -0.39 is 7.12 Å². The standard InChI is InChI=1S/C13H19BClNO2/c1-8-9(6-7-10(16)11(8)15)14-17-12(2,3)13(4,5)18-14/h6-7H,16H2,1-5H3. The zero-order valence-electron chi connectivity index (χ0n) is 11.5. The van der Waals surface area contributed by atoms with Crippen LogP contribution in [0.2, 0.25) is 5.02 Å². The van der Waals surface area contributed by atoms with Crippen LogP contribution in [0.3, 0.4) is 0 Å². The minimum Gasteiger partial charge on any atom is -0.399 e. The van der Waals surface area contributed by atoms with E-state index in [1.165, 1.54) is 0 Å². The third-order valence-corrected chi connectivity index (χ3v) is 4.47. The highest BCUT2D eigenvalue weighted by Gasteiger charge is 2.52. The molecule has 1 aliphatic rings. The normalized spacial score (nSPS) is 21.3. The summed E-state index contributed by atoms with van der Waals surface area (Å²) in [7, 11) is -0.395. The first-order valence-corrected chi connectivity index (χ1v) is 6.43. The summed E-state index contributed by atoms with van der Waals surface area (Å²) >= 11 is 6.17. The van der Waals surface area contributed by atoms with E-state index >= 15 is 0 Å². The third-order valence-electron chi connectivity index (χ3n) is 3.97. The van der Waals surface area contributed by atoms with Gasteiger partial charge in [0.1, 0.15) is 0 Å². The van der Waals surface area contributed by atoms with Crippen LogP contribution < -0.4 is 11.2 Å². The van der Waals surface area contributed by atoms with Crippen molar-refractivity contribution in [1.82, 2.24) is 0 Å². The number of hydrogen-bond acceptors (Lipinski definition) is 3. The summed E-state index contributed by atoms with van der Waals surface area (Å²) in [6.07, 6.45) is 0. The molecular formula is C13H19BClNO2. The molecule has 0 aliphatic carbocycles. The van der Waals surface area contributed by atoms with Gasteiger partial charge in [0.2, 0.25) is 0 Å². The van der Waals surface area contributed by atoms with Crippen molar-refractivity contribution in [2.45, 2.75) is 45.8 Å². The van der Waals surface area contributed by atoms with Crippen molar-refractivity contribution >= 4 is 29.9 Å². The minimum atomic E-state index is -0.395. The summed E-state index contributed by atoms with van der Waals surface area (Å²) in [6.45, 7) is 10.0. The van der Waals surface area contributed by atoms with Crippen LogP contribution in [0.25, 0.3) is 0 Å². The molecule has 0 radical (unpaired) electrons. The predicted octanol–water partition coefficient (Wildman–Crippen LogP) is 2.53. The molecule has 1 fully saturated rings. The zero-order chi connectivity index (χ0) is 13.7. The summed E-state index contributed by atoms with van der Waals surface area (Å²) < 4.78 is 12.0. The van der Waals surface area contributed by atoms with Crippen LogP contribution in [0.1, 0.15) is 33.3 Å². The quantitative estimate of drug-likeness (QED) is 0.628. The first-order chi connectivity index (χ1) is 8.16. The van der Waals surface area contributed by atoms with E-state index in [1.807, 2.05) is 40.7 Å². The Balaban J connectivity index is 2.39. The number of benzene rings is 1. The van der Waals surface area contributed by atoms with Crippen LogP contribution in [0.15, 0.2) is 12.1 Å². The fourth-order valence-corrected chi connectivity index (χ4v) is 2.12. The fourth-order valence-electron chi connectivity index (χ4n) is 1.95. The van der Waals surface area contributed by atoms with Crippen LogP contribution in [0.4, 0.5) is 5.69 Å². The second-order valence-electron chi connectivity index (χ2n) is 5.77. The number of halogens is 1. The molecule has 0 bridgehead atoms. The molecule has 18 heavy (non-hydrogen) atoms. The van der Waals surface area contributed by atoms with Crippen molar-refractivity contribution in [2.24, 2.45) is 0 Å². The molecule has 0 aromatic heterocycles. The van der Waals surface area contributed by atoms with Crippen LogP contribution in [0.5, 0.6) is 0 Å². The Morgan fingerprint density at radius 1 is 1.11 bits per heavy atom. The highest BCUT2D eigenvalue weighted by molar-refractivity contribution is 6.63. The van der Waals surface area contributed by atoms with Crippen molar-refractivity contribution in [1.29, 1.82) is 0 Å². The van der Waals surface area contributed by atoms with Gasteiger partial charge in [-0.15, -0.1) is 0 Å². The number of nitrogens with two attached hydrogens (primary N) is 1. The summed E-state index contributed by atoms with van der Waals surface area (Å²) in [5.74, 6) is 0. The Bertz CT molecular complexity index is 472. The summed E-state index contributed by atoms with van der Waals surface area (Å²) in [5, 5.41) is 0.571. The van der Waals surface area contributed by atoms with Gasteiger partial charge in [-0.2, -0.15) is 0 Å². The fraction of sp³-hybridized carbons (Fsp3) is 0.538. The molecule has 0 spiro atoms. The molecular weight excluding hydrogens is 248 g/mol. The Labute approximate surface area is 114 Å². The van der Waals surface area contributed by atoms with Gasteiger partial charge in [-0.05, 0) is 51.7 Å². The number of rotatable bonds is 1. The largest absolute Gasteiger partial charge is 0.495 e. The Kier molecular flexibility index (Phi) is 3.17. The van der Waals surface area contributed by atoms with E-state index in [2.05, 4.69) is 0 Å². The molecule has 0 atom stereocenters. The van der Waals surface area contributed by atoms with E-state index in [0.29, 0.717) is 10.7 Å². The van der Waals surface area contributed by atoms with E-state index in [4.69, 9.17) is 26.6 Å². The molecule has 2 N–H and O–H groups in total. The summed E-state index contributed by atoms with van der Waals surface area (Å²) in [6, 6.07) is 3.70. The molecule has 1 aromatic rings. The lowest BCUT2D eigenvalue weighted by atomic mass is 9.76. The van der Waals surface area contributed by atoms with E-state index in [-0.39, 0.29) is 11.2 Å². The lowest BCUT2D eigenvalue weighted by molar-refractivity contribution is 0.00578. The third kappa shape index (κ3) is 2.02. The molecule has 0 saturated carbocycles. The highest BCUT2D eigenvalue weighted by Crippen LogP contribution is 2.37. The van der Waals surface area contributed by atoms with Crippen LogP contribution in [0, 0.1) is 6.92 Å². The van der Waals surface area contributed by atoms with Crippen LogP contribution >= 0.6 is 11.6 Å². The maximum atomic E-state index is 6.17. The lowest BCUT2D eigenvalue weighted by Gasteiger charge is -2.32. The number of anilines is 1. The van der Waals surface area contributed by atoms with E-state index in [9.17, 15) is 0 Å². The molecule has 1 aromatic carbocycles. The lowest BCUT2D eigenvalue weighted by Crippen LogP contribution is -2.41.